The summed E-state index contributed by atoms with van der Waals surface area (Å²) in [7, 11) is 0. The van der Waals surface area contributed by atoms with Crippen molar-refractivity contribution in [3.63, 3.8) is 0 Å². The van der Waals surface area contributed by atoms with E-state index in [0.29, 0.717) is 18.6 Å². The van der Waals surface area contributed by atoms with Gasteiger partial charge in [-0.15, -0.1) is 10.2 Å². The first-order valence-electron chi connectivity index (χ1n) is 4.10. The summed E-state index contributed by atoms with van der Waals surface area (Å²) in [5, 5.41) is 11.3. The second kappa shape index (κ2) is 3.00. The Morgan fingerprint density at radius 2 is 2.50 bits per heavy atom. The van der Waals surface area contributed by atoms with Crippen LogP contribution in [0, 0.1) is 0 Å². The number of ketones is 1. The molecule has 5 nitrogen and oxygen atoms in total. The first-order valence-corrected chi connectivity index (χ1v) is 4.10. The normalized spacial score (nSPS) is 24.3. The van der Waals surface area contributed by atoms with Crippen molar-refractivity contribution in [1.82, 2.24) is 20.2 Å². The fourth-order valence-corrected chi connectivity index (χ4v) is 1.54. The third kappa shape index (κ3) is 1.34. The van der Waals surface area contributed by atoms with Gasteiger partial charge in [0.1, 0.15) is 5.78 Å². The summed E-state index contributed by atoms with van der Waals surface area (Å²) < 4.78 is 0. The molecule has 1 aromatic heterocycles. The predicted octanol–water partition coefficient (Wildman–Crippen LogP) is 0.357. The molecule has 1 atom stereocenters. The number of hydrogen-bond donors (Lipinski definition) is 0. The molecule has 1 heterocycles. The van der Waals surface area contributed by atoms with E-state index in [9.17, 15) is 4.79 Å². The highest BCUT2D eigenvalue weighted by Gasteiger charge is 2.21. The molecule has 1 fully saturated rings. The Morgan fingerprint density at radius 1 is 1.58 bits per heavy atom. The van der Waals surface area contributed by atoms with Crippen molar-refractivity contribution in [3.8, 4) is 0 Å². The molecule has 0 amide bonds. The fourth-order valence-electron chi connectivity index (χ4n) is 1.54. The molecular formula is C7H10N4O. The van der Waals surface area contributed by atoms with Gasteiger partial charge in [-0.25, -0.2) is 0 Å². The molecule has 0 bridgehead atoms. The van der Waals surface area contributed by atoms with Gasteiger partial charge in [0.15, 0.2) is 6.33 Å². The van der Waals surface area contributed by atoms with Gasteiger partial charge in [0.25, 0.3) is 0 Å². The molecule has 1 aliphatic rings. The maximum atomic E-state index is 11.1. The van der Waals surface area contributed by atoms with E-state index >= 15 is 0 Å². The predicted molar refractivity (Wildman–Crippen MR) is 40.3 cm³/mol. The van der Waals surface area contributed by atoms with Crippen molar-refractivity contribution < 1.29 is 4.79 Å². The maximum absolute atomic E-state index is 11.1. The van der Waals surface area contributed by atoms with Gasteiger partial charge in [-0.3, -0.25) is 4.79 Å². The number of nitrogens with zero attached hydrogens (tertiary/aromatic N) is 4. The molecule has 0 saturated heterocycles. The van der Waals surface area contributed by atoms with E-state index in [2.05, 4.69) is 15.4 Å². The standard InChI is InChI=1S/C7H10N4O/c12-7-3-1-2-6(4-7)11-9-5-8-10-11/h5-6H,1-4H2/t6-/m0/s1. The molecule has 12 heavy (non-hydrogen) atoms. The van der Waals surface area contributed by atoms with Crippen LogP contribution >= 0.6 is 0 Å². The van der Waals surface area contributed by atoms with Crippen LogP contribution in [0.25, 0.3) is 0 Å². The Morgan fingerprint density at radius 3 is 3.17 bits per heavy atom. The largest absolute Gasteiger partial charge is 0.300 e. The highest BCUT2D eigenvalue weighted by molar-refractivity contribution is 5.79. The van der Waals surface area contributed by atoms with Gasteiger partial charge < -0.3 is 0 Å². The molecule has 0 N–H and O–H groups in total. The summed E-state index contributed by atoms with van der Waals surface area (Å²) in [5.41, 5.74) is 0. The van der Waals surface area contributed by atoms with Gasteiger partial charge in [0.2, 0.25) is 0 Å². The van der Waals surface area contributed by atoms with Crippen molar-refractivity contribution >= 4 is 5.78 Å². The maximum Gasteiger partial charge on any atom is 0.162 e. The highest BCUT2D eigenvalue weighted by Crippen LogP contribution is 2.23. The van der Waals surface area contributed by atoms with Crippen LogP contribution in [0.4, 0.5) is 0 Å². The Labute approximate surface area is 69.8 Å². The van der Waals surface area contributed by atoms with Crippen molar-refractivity contribution in [2.24, 2.45) is 0 Å². The van der Waals surface area contributed by atoms with E-state index in [0.717, 1.165) is 12.8 Å². The first kappa shape index (κ1) is 7.39. The third-order valence-electron chi connectivity index (χ3n) is 2.15. The Bertz CT molecular complexity index is 269. The second-order valence-corrected chi connectivity index (χ2v) is 3.05. The molecule has 0 spiro atoms. The topological polar surface area (TPSA) is 60.7 Å². The van der Waals surface area contributed by atoms with E-state index < -0.39 is 0 Å². The number of aromatic nitrogens is 4. The molecule has 2 rings (SSSR count). The lowest BCUT2D eigenvalue weighted by atomic mass is 9.95. The van der Waals surface area contributed by atoms with Crippen molar-refractivity contribution in [2.45, 2.75) is 31.7 Å². The van der Waals surface area contributed by atoms with E-state index in [1.54, 1.807) is 0 Å². The average Bonchev–Trinajstić information content (AvgIpc) is 2.56. The van der Waals surface area contributed by atoms with Crippen LogP contribution in [0.15, 0.2) is 6.33 Å². The molecule has 1 aromatic rings. The smallest absolute Gasteiger partial charge is 0.162 e. The molecule has 0 radical (unpaired) electrons. The van der Waals surface area contributed by atoms with Gasteiger partial charge in [-0.2, -0.15) is 4.80 Å². The lowest BCUT2D eigenvalue weighted by molar-refractivity contribution is -0.121. The summed E-state index contributed by atoms with van der Waals surface area (Å²) in [6.45, 7) is 0. The minimum atomic E-state index is 0.147. The molecule has 0 unspecified atom stereocenters. The third-order valence-corrected chi connectivity index (χ3v) is 2.15. The van der Waals surface area contributed by atoms with Crippen LogP contribution in [0.1, 0.15) is 31.7 Å². The van der Waals surface area contributed by atoms with Crippen LogP contribution < -0.4 is 0 Å². The minimum absolute atomic E-state index is 0.147. The monoisotopic (exact) mass is 166 g/mol. The summed E-state index contributed by atoms with van der Waals surface area (Å²) >= 11 is 0. The summed E-state index contributed by atoms with van der Waals surface area (Å²) in [6, 6.07) is 0.147. The van der Waals surface area contributed by atoms with Gasteiger partial charge in [0, 0.05) is 12.8 Å². The number of carbonyl (C=O) groups is 1. The van der Waals surface area contributed by atoms with Crippen molar-refractivity contribution in [1.29, 1.82) is 0 Å². The zero-order valence-corrected chi connectivity index (χ0v) is 6.68. The number of tetrazole rings is 1. The summed E-state index contributed by atoms with van der Waals surface area (Å²) in [6.07, 6.45) is 4.62. The van der Waals surface area contributed by atoms with Crippen LogP contribution in [0.5, 0.6) is 0 Å². The van der Waals surface area contributed by atoms with Crippen LogP contribution in [-0.4, -0.2) is 26.0 Å². The van der Waals surface area contributed by atoms with Crippen LogP contribution in [0.3, 0.4) is 0 Å². The SMILES string of the molecule is O=C1CCC[C@H](n2ncnn2)C1. The molecule has 5 heteroatoms. The number of carbonyl (C=O) groups excluding carboxylic acids is 1. The lowest BCUT2D eigenvalue weighted by Gasteiger charge is -2.18. The van der Waals surface area contributed by atoms with Gasteiger partial charge in [0.05, 0.1) is 6.04 Å². The molecular weight excluding hydrogens is 156 g/mol. The zero-order valence-electron chi connectivity index (χ0n) is 6.68. The van der Waals surface area contributed by atoms with Gasteiger partial charge in [-0.05, 0) is 18.1 Å². The minimum Gasteiger partial charge on any atom is -0.300 e. The quantitative estimate of drug-likeness (QED) is 0.604. The highest BCUT2D eigenvalue weighted by atomic mass is 16.1. The molecule has 1 aliphatic carbocycles. The summed E-state index contributed by atoms with van der Waals surface area (Å²) in [5.74, 6) is 0.309. The molecule has 64 valence electrons. The van der Waals surface area contributed by atoms with E-state index in [1.165, 1.54) is 11.1 Å². The first-order chi connectivity index (χ1) is 5.86. The lowest BCUT2D eigenvalue weighted by Crippen LogP contribution is -2.20. The summed E-state index contributed by atoms with van der Waals surface area (Å²) in [4.78, 5) is 12.6. The van der Waals surface area contributed by atoms with Gasteiger partial charge in [-0.1, -0.05) is 0 Å². The fraction of sp³-hybridized carbons (Fsp3) is 0.714. The van der Waals surface area contributed by atoms with Gasteiger partial charge >= 0.3 is 0 Å². The zero-order chi connectivity index (χ0) is 8.39. The number of rotatable bonds is 1. The Balaban J connectivity index is 2.09. The second-order valence-electron chi connectivity index (χ2n) is 3.05. The van der Waals surface area contributed by atoms with Crippen LogP contribution in [-0.2, 0) is 4.79 Å². The number of Topliss-reactive ketones (excluding diaryl/α,β-unsaturated/α-hetero) is 1. The van der Waals surface area contributed by atoms with E-state index in [4.69, 9.17) is 0 Å². The van der Waals surface area contributed by atoms with Crippen molar-refractivity contribution in [2.75, 3.05) is 0 Å². The Kier molecular flexibility index (Phi) is 1.85. The van der Waals surface area contributed by atoms with Crippen molar-refractivity contribution in [3.05, 3.63) is 6.33 Å². The Hall–Kier alpha value is -1.26. The van der Waals surface area contributed by atoms with E-state index in [1.807, 2.05) is 0 Å². The molecule has 0 aliphatic heterocycles. The van der Waals surface area contributed by atoms with Crippen LogP contribution in [0.2, 0.25) is 0 Å². The van der Waals surface area contributed by atoms with E-state index in [-0.39, 0.29) is 6.04 Å². The number of hydrogen-bond acceptors (Lipinski definition) is 4. The molecule has 0 aromatic carbocycles. The average molecular weight is 166 g/mol. The molecule has 1 saturated carbocycles.